The van der Waals surface area contributed by atoms with E-state index in [0.29, 0.717) is 17.4 Å². The summed E-state index contributed by atoms with van der Waals surface area (Å²) in [6.07, 6.45) is 3.65. The Morgan fingerprint density at radius 2 is 1.95 bits per heavy atom. The van der Waals surface area contributed by atoms with E-state index in [4.69, 9.17) is 4.74 Å². The number of likely N-dealkylation sites (tertiary alicyclic amines) is 1. The summed E-state index contributed by atoms with van der Waals surface area (Å²) in [7, 11) is -3.13. The molecule has 1 fully saturated rings. The molecule has 0 amide bonds. The third kappa shape index (κ3) is 5.29. The second-order valence-electron chi connectivity index (χ2n) is 6.69. The number of rotatable bonds is 7. The molecule has 1 atom stereocenters. The quantitative estimate of drug-likeness (QED) is 0.773. The van der Waals surface area contributed by atoms with Crippen molar-refractivity contribution >= 4 is 9.84 Å². The zero-order chi connectivity index (χ0) is 16.2. The summed E-state index contributed by atoms with van der Waals surface area (Å²) in [5.74, 6) is 2.07. The van der Waals surface area contributed by atoms with Crippen LogP contribution in [0.5, 0.6) is 5.75 Å². The minimum absolute atomic E-state index is 0.334. The van der Waals surface area contributed by atoms with Gasteiger partial charge in [-0.25, -0.2) is 8.42 Å². The van der Waals surface area contributed by atoms with Gasteiger partial charge in [-0.3, -0.25) is 0 Å². The molecule has 0 radical (unpaired) electrons. The highest BCUT2D eigenvalue weighted by molar-refractivity contribution is 7.90. The maximum absolute atomic E-state index is 11.4. The predicted octanol–water partition coefficient (Wildman–Crippen LogP) is 2.84. The van der Waals surface area contributed by atoms with Crippen LogP contribution in [-0.2, 0) is 9.84 Å². The van der Waals surface area contributed by atoms with Gasteiger partial charge in [0.25, 0.3) is 0 Å². The van der Waals surface area contributed by atoms with Gasteiger partial charge >= 0.3 is 0 Å². The van der Waals surface area contributed by atoms with Crippen molar-refractivity contribution < 1.29 is 13.2 Å². The van der Waals surface area contributed by atoms with Gasteiger partial charge in [0, 0.05) is 18.7 Å². The molecule has 0 aliphatic carbocycles. The Bertz CT molecular complexity index is 566. The average molecular weight is 325 g/mol. The first-order chi connectivity index (χ1) is 10.3. The highest BCUT2D eigenvalue weighted by Gasteiger charge is 2.22. The van der Waals surface area contributed by atoms with Crippen molar-refractivity contribution in [2.24, 2.45) is 11.8 Å². The summed E-state index contributed by atoms with van der Waals surface area (Å²) in [6, 6.07) is 6.69. The van der Waals surface area contributed by atoms with Crippen molar-refractivity contribution in [3.05, 3.63) is 24.3 Å². The van der Waals surface area contributed by atoms with Crippen LogP contribution in [0.4, 0.5) is 0 Å². The predicted molar refractivity (Wildman–Crippen MR) is 89.0 cm³/mol. The molecule has 124 valence electrons. The summed E-state index contributed by atoms with van der Waals surface area (Å²) in [5, 5.41) is 0. The minimum atomic E-state index is -3.13. The lowest BCUT2D eigenvalue weighted by molar-refractivity contribution is 0.237. The Morgan fingerprint density at radius 1 is 1.27 bits per heavy atom. The van der Waals surface area contributed by atoms with Crippen LogP contribution < -0.4 is 4.74 Å². The van der Waals surface area contributed by atoms with Crippen LogP contribution in [0.3, 0.4) is 0 Å². The summed E-state index contributed by atoms with van der Waals surface area (Å²) < 4.78 is 28.6. The largest absolute Gasteiger partial charge is 0.493 e. The van der Waals surface area contributed by atoms with Gasteiger partial charge < -0.3 is 9.64 Å². The molecule has 2 rings (SSSR count). The van der Waals surface area contributed by atoms with Gasteiger partial charge in [0.05, 0.1) is 11.5 Å². The van der Waals surface area contributed by atoms with Gasteiger partial charge in [0.2, 0.25) is 0 Å². The summed E-state index contributed by atoms with van der Waals surface area (Å²) in [5.41, 5.74) is 0. The number of hydrogen-bond acceptors (Lipinski definition) is 4. The van der Waals surface area contributed by atoms with E-state index in [9.17, 15) is 8.42 Å². The first-order valence-corrected chi connectivity index (χ1v) is 9.89. The van der Waals surface area contributed by atoms with Crippen molar-refractivity contribution in [3.63, 3.8) is 0 Å². The molecule has 1 saturated heterocycles. The van der Waals surface area contributed by atoms with Crippen LogP contribution in [0.15, 0.2) is 29.2 Å². The van der Waals surface area contributed by atoms with E-state index in [-0.39, 0.29) is 0 Å². The fourth-order valence-electron chi connectivity index (χ4n) is 2.69. The normalized spacial score (nSPS) is 19.7. The van der Waals surface area contributed by atoms with E-state index in [1.54, 1.807) is 24.3 Å². The molecule has 22 heavy (non-hydrogen) atoms. The van der Waals surface area contributed by atoms with Crippen LogP contribution >= 0.6 is 0 Å². The van der Waals surface area contributed by atoms with E-state index >= 15 is 0 Å². The summed E-state index contributed by atoms with van der Waals surface area (Å²) in [6.45, 7) is 8.67. The Morgan fingerprint density at radius 3 is 2.55 bits per heavy atom. The molecular formula is C17H27NO3S. The van der Waals surface area contributed by atoms with Crippen LogP contribution in [0.2, 0.25) is 0 Å². The molecule has 1 heterocycles. The minimum Gasteiger partial charge on any atom is -0.493 e. The SMILES string of the molecule is CC(C)CCN1CCC(COc2ccc(S(C)(=O)=O)cc2)C1. The number of nitrogens with zero attached hydrogens (tertiary/aromatic N) is 1. The van der Waals surface area contributed by atoms with Gasteiger partial charge in [-0.2, -0.15) is 0 Å². The highest BCUT2D eigenvalue weighted by atomic mass is 32.2. The van der Waals surface area contributed by atoms with Crippen LogP contribution in [0.25, 0.3) is 0 Å². The van der Waals surface area contributed by atoms with Crippen molar-refractivity contribution in [3.8, 4) is 5.75 Å². The first-order valence-electron chi connectivity index (χ1n) is 8.00. The number of benzene rings is 1. The van der Waals surface area contributed by atoms with Crippen molar-refractivity contribution in [2.45, 2.75) is 31.6 Å². The maximum atomic E-state index is 11.4. The molecule has 4 nitrogen and oxygen atoms in total. The fraction of sp³-hybridized carbons (Fsp3) is 0.647. The Balaban J connectivity index is 1.77. The lowest BCUT2D eigenvalue weighted by atomic mass is 10.1. The number of sulfone groups is 1. The van der Waals surface area contributed by atoms with Gasteiger partial charge in [0.15, 0.2) is 9.84 Å². The molecule has 0 N–H and O–H groups in total. The van der Waals surface area contributed by atoms with Crippen LogP contribution in [0, 0.1) is 11.8 Å². The zero-order valence-electron chi connectivity index (χ0n) is 13.8. The molecule has 0 spiro atoms. The van der Waals surface area contributed by atoms with Crippen LogP contribution in [0.1, 0.15) is 26.7 Å². The zero-order valence-corrected chi connectivity index (χ0v) is 14.6. The van der Waals surface area contributed by atoms with Crippen molar-refractivity contribution in [1.29, 1.82) is 0 Å². The van der Waals surface area contributed by atoms with E-state index in [0.717, 1.165) is 24.8 Å². The molecule has 5 heteroatoms. The smallest absolute Gasteiger partial charge is 0.175 e. The molecular weight excluding hydrogens is 298 g/mol. The van der Waals surface area contributed by atoms with Crippen molar-refractivity contribution in [2.75, 3.05) is 32.5 Å². The van der Waals surface area contributed by atoms with Crippen LogP contribution in [-0.4, -0.2) is 45.8 Å². The first kappa shape index (κ1) is 17.3. The van der Waals surface area contributed by atoms with Gasteiger partial charge in [-0.05, 0) is 56.1 Å². The van der Waals surface area contributed by atoms with Gasteiger partial charge in [0.1, 0.15) is 5.75 Å². The summed E-state index contributed by atoms with van der Waals surface area (Å²) in [4.78, 5) is 2.85. The van der Waals surface area contributed by atoms with E-state index in [1.165, 1.54) is 25.6 Å². The molecule has 0 saturated carbocycles. The fourth-order valence-corrected chi connectivity index (χ4v) is 3.32. The molecule has 1 aliphatic heterocycles. The Hall–Kier alpha value is -1.07. The number of ether oxygens (including phenoxy) is 1. The monoisotopic (exact) mass is 325 g/mol. The topological polar surface area (TPSA) is 46.6 Å². The molecule has 0 aromatic heterocycles. The Labute approximate surface area is 134 Å². The van der Waals surface area contributed by atoms with Gasteiger partial charge in [-0.1, -0.05) is 13.8 Å². The summed E-state index contributed by atoms with van der Waals surface area (Å²) >= 11 is 0. The van der Waals surface area contributed by atoms with E-state index in [2.05, 4.69) is 18.7 Å². The molecule has 1 aliphatic rings. The molecule has 0 bridgehead atoms. The highest BCUT2D eigenvalue weighted by Crippen LogP contribution is 2.20. The lowest BCUT2D eigenvalue weighted by Gasteiger charge is -2.17. The standard InChI is InChI=1S/C17H27NO3S/c1-14(2)8-10-18-11-9-15(12-18)13-21-16-4-6-17(7-5-16)22(3,19)20/h4-7,14-15H,8-13H2,1-3H3. The van der Waals surface area contributed by atoms with E-state index < -0.39 is 9.84 Å². The second-order valence-corrected chi connectivity index (χ2v) is 8.71. The second kappa shape index (κ2) is 7.47. The Kier molecular flexibility index (Phi) is 5.87. The van der Waals surface area contributed by atoms with Crippen molar-refractivity contribution in [1.82, 2.24) is 4.90 Å². The molecule has 1 aromatic carbocycles. The maximum Gasteiger partial charge on any atom is 0.175 e. The molecule has 1 aromatic rings. The lowest BCUT2D eigenvalue weighted by Crippen LogP contribution is -2.24. The van der Waals surface area contributed by atoms with E-state index in [1.807, 2.05) is 0 Å². The molecule has 1 unspecified atom stereocenters. The average Bonchev–Trinajstić information content (AvgIpc) is 2.90. The third-order valence-corrected chi connectivity index (χ3v) is 5.26. The third-order valence-electron chi connectivity index (χ3n) is 4.13. The number of hydrogen-bond donors (Lipinski definition) is 0. The van der Waals surface area contributed by atoms with Gasteiger partial charge in [-0.15, -0.1) is 0 Å².